The fourth-order valence-corrected chi connectivity index (χ4v) is 3.17. The average Bonchev–Trinajstić information content (AvgIpc) is 2.44. The fraction of sp³-hybridized carbons (Fsp3) is 0.667. The molecule has 1 aromatic carbocycles. The van der Waals surface area contributed by atoms with Crippen molar-refractivity contribution < 1.29 is 0 Å². The molecule has 112 valence electrons. The molecule has 2 unspecified atom stereocenters. The molecule has 1 N–H and O–H groups in total. The van der Waals surface area contributed by atoms with Crippen molar-refractivity contribution in [1.82, 2.24) is 10.2 Å². The van der Waals surface area contributed by atoms with Crippen LogP contribution >= 0.6 is 0 Å². The van der Waals surface area contributed by atoms with Gasteiger partial charge in [0.2, 0.25) is 0 Å². The monoisotopic (exact) mass is 274 g/mol. The Hall–Kier alpha value is -0.860. The summed E-state index contributed by atoms with van der Waals surface area (Å²) in [6, 6.07) is 10.9. The number of hydrogen-bond acceptors (Lipinski definition) is 2. The van der Waals surface area contributed by atoms with Crippen LogP contribution in [0, 0.1) is 5.92 Å². The summed E-state index contributed by atoms with van der Waals surface area (Å²) in [7, 11) is 0. The van der Waals surface area contributed by atoms with E-state index in [1.165, 1.54) is 12.0 Å². The van der Waals surface area contributed by atoms with Crippen molar-refractivity contribution in [1.29, 1.82) is 0 Å². The fourth-order valence-electron chi connectivity index (χ4n) is 3.17. The van der Waals surface area contributed by atoms with Crippen molar-refractivity contribution in [3.05, 3.63) is 35.9 Å². The smallest absolute Gasteiger partial charge is 0.0558 e. The Morgan fingerprint density at radius 2 is 1.85 bits per heavy atom. The van der Waals surface area contributed by atoms with E-state index in [1.807, 2.05) is 0 Å². The highest BCUT2D eigenvalue weighted by Crippen LogP contribution is 2.34. The SMILES string of the molecule is CCC1(C)CN(CC(C)C)C(C)(c2ccccc2)CN1. The Labute approximate surface area is 124 Å². The van der Waals surface area contributed by atoms with Gasteiger partial charge < -0.3 is 5.32 Å². The van der Waals surface area contributed by atoms with Crippen molar-refractivity contribution >= 4 is 0 Å². The number of rotatable bonds is 4. The lowest BCUT2D eigenvalue weighted by atomic mass is 9.82. The lowest BCUT2D eigenvalue weighted by molar-refractivity contribution is 0.00824. The van der Waals surface area contributed by atoms with E-state index >= 15 is 0 Å². The van der Waals surface area contributed by atoms with Crippen LogP contribution in [0.2, 0.25) is 0 Å². The van der Waals surface area contributed by atoms with Crippen LogP contribution in [0.4, 0.5) is 0 Å². The molecule has 1 heterocycles. The van der Waals surface area contributed by atoms with Crippen LogP contribution in [0.1, 0.15) is 46.6 Å². The predicted octanol–water partition coefficient (Wildman–Crippen LogP) is 3.63. The molecule has 0 aromatic heterocycles. The minimum absolute atomic E-state index is 0.0974. The Bertz CT molecular complexity index is 428. The van der Waals surface area contributed by atoms with E-state index in [0.29, 0.717) is 5.92 Å². The predicted molar refractivity (Wildman–Crippen MR) is 86.9 cm³/mol. The van der Waals surface area contributed by atoms with Crippen molar-refractivity contribution in [3.8, 4) is 0 Å². The van der Waals surface area contributed by atoms with Gasteiger partial charge in [-0.25, -0.2) is 0 Å². The van der Waals surface area contributed by atoms with Gasteiger partial charge in [0.15, 0.2) is 0 Å². The molecule has 1 fully saturated rings. The molecule has 0 bridgehead atoms. The molecular formula is C18H30N2. The zero-order valence-electron chi connectivity index (χ0n) is 13.7. The minimum atomic E-state index is 0.0974. The Balaban J connectivity index is 2.31. The number of benzene rings is 1. The van der Waals surface area contributed by atoms with Crippen LogP contribution in [0.25, 0.3) is 0 Å². The lowest BCUT2D eigenvalue weighted by Crippen LogP contribution is -2.66. The highest BCUT2D eigenvalue weighted by atomic mass is 15.3. The van der Waals surface area contributed by atoms with Gasteiger partial charge in [0.05, 0.1) is 5.54 Å². The summed E-state index contributed by atoms with van der Waals surface area (Å²) in [4.78, 5) is 2.69. The second kappa shape index (κ2) is 5.87. The zero-order chi connectivity index (χ0) is 14.8. The van der Waals surface area contributed by atoms with Crippen LogP contribution in [0.3, 0.4) is 0 Å². The summed E-state index contributed by atoms with van der Waals surface area (Å²) < 4.78 is 0. The molecule has 1 aromatic rings. The first-order valence-electron chi connectivity index (χ1n) is 7.95. The summed E-state index contributed by atoms with van der Waals surface area (Å²) in [5.41, 5.74) is 1.76. The molecule has 2 nitrogen and oxygen atoms in total. The number of nitrogens with one attached hydrogen (secondary N) is 1. The molecule has 20 heavy (non-hydrogen) atoms. The molecule has 2 rings (SSSR count). The van der Waals surface area contributed by atoms with Crippen molar-refractivity contribution in [2.45, 2.75) is 52.1 Å². The van der Waals surface area contributed by atoms with Gasteiger partial charge in [0, 0.05) is 25.2 Å². The molecule has 2 atom stereocenters. The largest absolute Gasteiger partial charge is 0.308 e. The standard InChI is InChI=1S/C18H30N2/c1-6-17(4)14-20(12-15(2)3)18(5,13-19-17)16-10-8-7-9-11-16/h7-11,15,19H,6,12-14H2,1-5H3. The molecule has 0 amide bonds. The first-order chi connectivity index (χ1) is 9.39. The van der Waals surface area contributed by atoms with Crippen LogP contribution in [0.15, 0.2) is 30.3 Å². The molecule has 1 aliphatic heterocycles. The van der Waals surface area contributed by atoms with Gasteiger partial charge in [-0.1, -0.05) is 51.1 Å². The molecule has 1 saturated heterocycles. The molecule has 0 aliphatic carbocycles. The number of piperazine rings is 1. The van der Waals surface area contributed by atoms with E-state index in [0.717, 1.165) is 19.6 Å². The van der Waals surface area contributed by atoms with Gasteiger partial charge in [-0.05, 0) is 31.7 Å². The van der Waals surface area contributed by atoms with Gasteiger partial charge >= 0.3 is 0 Å². The zero-order valence-corrected chi connectivity index (χ0v) is 13.7. The molecular weight excluding hydrogens is 244 g/mol. The van der Waals surface area contributed by atoms with E-state index in [1.54, 1.807) is 0 Å². The van der Waals surface area contributed by atoms with E-state index in [-0.39, 0.29) is 11.1 Å². The molecule has 1 aliphatic rings. The maximum Gasteiger partial charge on any atom is 0.0558 e. The van der Waals surface area contributed by atoms with Gasteiger partial charge in [-0.15, -0.1) is 0 Å². The second-order valence-electron chi connectivity index (χ2n) is 7.18. The van der Waals surface area contributed by atoms with Gasteiger partial charge in [-0.3, -0.25) is 4.90 Å². The maximum absolute atomic E-state index is 3.80. The van der Waals surface area contributed by atoms with E-state index in [9.17, 15) is 0 Å². The second-order valence-corrected chi connectivity index (χ2v) is 7.18. The molecule has 0 saturated carbocycles. The van der Waals surface area contributed by atoms with E-state index in [4.69, 9.17) is 0 Å². The first-order valence-corrected chi connectivity index (χ1v) is 7.95. The van der Waals surface area contributed by atoms with Crippen molar-refractivity contribution in [3.63, 3.8) is 0 Å². The van der Waals surface area contributed by atoms with Crippen LogP contribution in [-0.4, -0.2) is 30.1 Å². The van der Waals surface area contributed by atoms with Gasteiger partial charge in [-0.2, -0.15) is 0 Å². The maximum atomic E-state index is 3.80. The Kier molecular flexibility index (Phi) is 4.55. The van der Waals surface area contributed by atoms with Crippen molar-refractivity contribution in [2.24, 2.45) is 5.92 Å². The first kappa shape index (κ1) is 15.5. The molecule has 0 radical (unpaired) electrons. The van der Waals surface area contributed by atoms with Gasteiger partial charge in [0.25, 0.3) is 0 Å². The summed E-state index contributed by atoms with van der Waals surface area (Å²) in [6.45, 7) is 14.9. The number of nitrogens with zero attached hydrogens (tertiary/aromatic N) is 1. The van der Waals surface area contributed by atoms with Crippen LogP contribution in [-0.2, 0) is 5.54 Å². The third-order valence-electron chi connectivity index (χ3n) is 4.86. The Morgan fingerprint density at radius 1 is 1.20 bits per heavy atom. The van der Waals surface area contributed by atoms with Gasteiger partial charge in [0.1, 0.15) is 0 Å². The summed E-state index contributed by atoms with van der Waals surface area (Å²) in [5.74, 6) is 0.692. The molecule has 2 heteroatoms. The summed E-state index contributed by atoms with van der Waals surface area (Å²) in [5, 5.41) is 3.80. The lowest BCUT2D eigenvalue weighted by Gasteiger charge is -2.53. The summed E-state index contributed by atoms with van der Waals surface area (Å²) >= 11 is 0. The molecule has 0 spiro atoms. The highest BCUT2D eigenvalue weighted by molar-refractivity contribution is 5.26. The van der Waals surface area contributed by atoms with Crippen LogP contribution < -0.4 is 5.32 Å². The number of hydrogen-bond donors (Lipinski definition) is 1. The average molecular weight is 274 g/mol. The van der Waals surface area contributed by atoms with E-state index < -0.39 is 0 Å². The van der Waals surface area contributed by atoms with Crippen molar-refractivity contribution in [2.75, 3.05) is 19.6 Å². The Morgan fingerprint density at radius 3 is 2.40 bits per heavy atom. The highest BCUT2D eigenvalue weighted by Gasteiger charge is 2.42. The van der Waals surface area contributed by atoms with Crippen LogP contribution in [0.5, 0.6) is 0 Å². The quantitative estimate of drug-likeness (QED) is 0.902. The third-order valence-corrected chi connectivity index (χ3v) is 4.86. The summed E-state index contributed by atoms with van der Waals surface area (Å²) in [6.07, 6.45) is 1.17. The normalized spacial score (nSPS) is 31.7. The van der Waals surface area contributed by atoms with E-state index in [2.05, 4.69) is 75.2 Å². The minimum Gasteiger partial charge on any atom is -0.308 e. The topological polar surface area (TPSA) is 15.3 Å². The third kappa shape index (κ3) is 3.07.